The van der Waals surface area contributed by atoms with Crippen molar-refractivity contribution >= 4 is 52.4 Å². The van der Waals surface area contributed by atoms with Crippen molar-refractivity contribution in [3.8, 4) is 28.1 Å². The van der Waals surface area contributed by atoms with Crippen molar-refractivity contribution in [2.24, 2.45) is 0 Å². The molecule has 0 radical (unpaired) electrons. The summed E-state index contributed by atoms with van der Waals surface area (Å²) in [6, 6.07) is 18.2. The van der Waals surface area contributed by atoms with Crippen LogP contribution in [0, 0.1) is 6.92 Å². The van der Waals surface area contributed by atoms with Gasteiger partial charge < -0.3 is 9.26 Å². The smallest absolute Gasteiger partial charge is 0.340 e. The predicted octanol–water partition coefficient (Wildman–Crippen LogP) is 8.11. The summed E-state index contributed by atoms with van der Waals surface area (Å²) in [6.07, 6.45) is 0. The molecule has 0 aliphatic carbocycles. The van der Waals surface area contributed by atoms with Gasteiger partial charge in [0.1, 0.15) is 23.8 Å². The van der Waals surface area contributed by atoms with E-state index in [1.54, 1.807) is 18.2 Å². The summed E-state index contributed by atoms with van der Waals surface area (Å²) in [5.41, 5.74) is 4.81. The second kappa shape index (κ2) is 13.1. The van der Waals surface area contributed by atoms with Crippen molar-refractivity contribution in [2.45, 2.75) is 38.2 Å². The first-order valence-corrected chi connectivity index (χ1v) is 14.8. The van der Waals surface area contributed by atoms with Crippen molar-refractivity contribution < 1.29 is 22.8 Å². The van der Waals surface area contributed by atoms with Crippen LogP contribution in [0.2, 0.25) is 10.0 Å². The van der Waals surface area contributed by atoms with Gasteiger partial charge in [-0.1, -0.05) is 72.5 Å². The molecule has 0 aliphatic heterocycles. The quantitative estimate of drug-likeness (QED) is 0.144. The number of nitrogens with one attached hydrogen (secondary N) is 1. The van der Waals surface area contributed by atoms with E-state index in [2.05, 4.69) is 5.16 Å². The molecule has 0 saturated heterocycles. The molecule has 1 unspecified atom stereocenters. The lowest BCUT2D eigenvalue weighted by atomic mass is 10.0. The third-order valence-electron chi connectivity index (χ3n) is 6.00. The van der Waals surface area contributed by atoms with Crippen LogP contribution >= 0.6 is 35.1 Å². The number of ether oxygens (including phenoxy) is 1. The van der Waals surface area contributed by atoms with Gasteiger partial charge in [-0.2, -0.15) is 0 Å². The number of carbonyl (C=O) groups excluding carboxylic acids is 1. The zero-order valence-corrected chi connectivity index (χ0v) is 25.2. The number of aromatic nitrogens is 1. The van der Waals surface area contributed by atoms with Crippen molar-refractivity contribution in [1.82, 2.24) is 14.2 Å². The Bertz CT molecular complexity index is 1520. The highest BCUT2D eigenvalue weighted by Gasteiger charge is 2.24. The number of halogens is 2. The van der Waals surface area contributed by atoms with Gasteiger partial charge in [-0.25, -0.2) is 13.7 Å². The van der Waals surface area contributed by atoms with Crippen LogP contribution in [0.15, 0.2) is 70.1 Å². The monoisotopic (exact) mass is 619 g/mol. The zero-order valence-electron chi connectivity index (χ0n) is 22.1. The fraction of sp³-hybridized carbons (Fsp3) is 0.214. The molecule has 4 rings (SSSR count). The van der Waals surface area contributed by atoms with E-state index < -0.39 is 17.3 Å². The molecular formula is C28H27Cl2N3O5S2. The van der Waals surface area contributed by atoms with Crippen molar-refractivity contribution in [1.29, 1.82) is 0 Å². The van der Waals surface area contributed by atoms with Crippen molar-refractivity contribution in [3.63, 3.8) is 0 Å². The van der Waals surface area contributed by atoms with Crippen LogP contribution in [-0.2, 0) is 17.9 Å². The van der Waals surface area contributed by atoms with Crippen LogP contribution in [0.4, 0.5) is 4.79 Å². The van der Waals surface area contributed by atoms with E-state index >= 15 is 0 Å². The number of hydrogen-bond donors (Lipinski definition) is 2. The van der Waals surface area contributed by atoms with Crippen LogP contribution in [0.5, 0.6) is 5.75 Å². The molecule has 1 aromatic heterocycles. The molecule has 3 aromatic carbocycles. The summed E-state index contributed by atoms with van der Waals surface area (Å²) >= 11 is 11.6. The molecular weight excluding hydrogens is 593 g/mol. The maximum absolute atomic E-state index is 12.0. The SMILES string of the molecule is Cc1ccc(-c2ccc(OCc3c(-c4c(Cl)cccc4Cl)noc3C(C)C)cc2)cc1SN(C)C(=O)NS(=O)O. The third-order valence-corrected chi connectivity index (χ3v) is 8.05. The Kier molecular flexibility index (Phi) is 9.81. The van der Waals surface area contributed by atoms with Gasteiger partial charge in [0.05, 0.1) is 15.6 Å². The standard InChI is InChI=1S/C28H27Cl2N3O5S2/c1-16(2)27-21(26(31-38-27)25-22(29)6-5-7-23(25)30)15-37-20-12-10-18(11-13-20)19-9-8-17(3)24(14-19)39-33(4)28(34)32-40(35)36/h5-14,16H,15H2,1-4H3,(H,32,34)(H,35,36). The average Bonchev–Trinajstić information content (AvgIpc) is 3.32. The van der Waals surface area contributed by atoms with Crippen LogP contribution in [-0.4, -0.2) is 31.3 Å². The Morgan fingerprint density at radius 2 is 1.77 bits per heavy atom. The van der Waals surface area contributed by atoms with E-state index in [1.165, 1.54) is 11.4 Å². The topological polar surface area (TPSA) is 105 Å². The lowest BCUT2D eigenvalue weighted by Crippen LogP contribution is -2.33. The predicted molar refractivity (Wildman–Crippen MR) is 160 cm³/mol. The number of nitrogens with zero attached hydrogens (tertiary/aromatic N) is 2. The maximum Gasteiger partial charge on any atom is 0.340 e. The minimum absolute atomic E-state index is 0.0769. The van der Waals surface area contributed by atoms with Crippen LogP contribution in [0.1, 0.15) is 36.7 Å². The number of benzene rings is 3. The van der Waals surface area contributed by atoms with E-state index in [9.17, 15) is 9.00 Å². The molecule has 2 N–H and O–H groups in total. The summed E-state index contributed by atoms with van der Waals surface area (Å²) in [6.45, 7) is 6.18. The van der Waals surface area contributed by atoms with E-state index in [0.717, 1.165) is 39.1 Å². The molecule has 2 amide bonds. The van der Waals surface area contributed by atoms with Crippen molar-refractivity contribution in [3.05, 3.63) is 87.6 Å². The van der Waals surface area contributed by atoms with E-state index in [0.29, 0.717) is 32.8 Å². The van der Waals surface area contributed by atoms with Gasteiger partial charge >= 0.3 is 6.03 Å². The highest BCUT2D eigenvalue weighted by atomic mass is 35.5. The third kappa shape index (κ3) is 7.00. The molecule has 210 valence electrons. The molecule has 40 heavy (non-hydrogen) atoms. The number of rotatable bonds is 9. The largest absolute Gasteiger partial charge is 0.489 e. The molecule has 12 heteroatoms. The summed E-state index contributed by atoms with van der Waals surface area (Å²) in [5.74, 6) is 1.44. The fourth-order valence-electron chi connectivity index (χ4n) is 3.94. The van der Waals surface area contributed by atoms with E-state index in [-0.39, 0.29) is 12.5 Å². The maximum atomic E-state index is 12.0. The molecule has 4 aromatic rings. The number of urea groups is 1. The Balaban J connectivity index is 1.52. The first-order chi connectivity index (χ1) is 19.0. The van der Waals surface area contributed by atoms with Gasteiger partial charge in [-0.3, -0.25) is 8.86 Å². The second-order valence-electron chi connectivity index (χ2n) is 9.16. The van der Waals surface area contributed by atoms with Crippen LogP contribution in [0.3, 0.4) is 0 Å². The Morgan fingerprint density at radius 1 is 1.12 bits per heavy atom. The summed E-state index contributed by atoms with van der Waals surface area (Å²) in [4.78, 5) is 12.8. The highest BCUT2D eigenvalue weighted by molar-refractivity contribution is 7.97. The van der Waals surface area contributed by atoms with Gasteiger partial charge in [0.15, 0.2) is 0 Å². The van der Waals surface area contributed by atoms with Crippen LogP contribution < -0.4 is 9.46 Å². The van der Waals surface area contributed by atoms with Crippen molar-refractivity contribution in [2.75, 3.05) is 7.05 Å². The first-order valence-electron chi connectivity index (χ1n) is 12.1. The number of aryl methyl sites for hydroxylation is 1. The lowest BCUT2D eigenvalue weighted by Gasteiger charge is -2.17. The van der Waals surface area contributed by atoms with E-state index in [4.69, 9.17) is 37.0 Å². The first kappa shape index (κ1) is 30.0. The number of carbonyl (C=O) groups is 1. The summed E-state index contributed by atoms with van der Waals surface area (Å²) < 4.78 is 34.8. The number of amides is 2. The molecule has 0 aliphatic rings. The average molecular weight is 621 g/mol. The molecule has 1 heterocycles. The molecule has 0 saturated carbocycles. The molecule has 1 atom stereocenters. The van der Waals surface area contributed by atoms with Gasteiger partial charge in [0, 0.05) is 23.4 Å². The summed E-state index contributed by atoms with van der Waals surface area (Å²) in [5, 5.41) is 5.23. The van der Waals surface area contributed by atoms with Crippen LogP contribution in [0.25, 0.3) is 22.4 Å². The molecule has 8 nitrogen and oxygen atoms in total. The molecule has 0 fully saturated rings. The van der Waals surface area contributed by atoms with Gasteiger partial charge in [-0.05, 0) is 65.9 Å². The van der Waals surface area contributed by atoms with Gasteiger partial charge in [0.25, 0.3) is 11.3 Å². The normalized spacial score (nSPS) is 11.9. The zero-order chi connectivity index (χ0) is 29.0. The van der Waals surface area contributed by atoms with Gasteiger partial charge in [0.2, 0.25) is 0 Å². The minimum atomic E-state index is -2.43. The summed E-state index contributed by atoms with van der Waals surface area (Å²) in [7, 11) is 1.52. The fourth-order valence-corrected chi connectivity index (χ4v) is 5.68. The minimum Gasteiger partial charge on any atom is -0.489 e. The Hall–Kier alpha value is -3.02. The van der Waals surface area contributed by atoms with Gasteiger partial charge in [-0.15, -0.1) is 0 Å². The Labute approximate surface area is 249 Å². The highest BCUT2D eigenvalue weighted by Crippen LogP contribution is 2.39. The van der Waals surface area contributed by atoms with E-state index in [1.807, 2.05) is 68.0 Å². The Morgan fingerprint density at radius 3 is 2.40 bits per heavy atom. The number of hydrogen-bond acceptors (Lipinski definition) is 6. The second-order valence-corrected chi connectivity index (χ2v) is 11.9. The molecule has 0 bridgehead atoms. The lowest BCUT2D eigenvalue weighted by molar-refractivity contribution is 0.236. The molecule has 0 spiro atoms.